The molecule has 0 aliphatic carbocycles. The number of allylic oxidation sites excluding steroid dienone is 1. The smallest absolute Gasteiger partial charge is 0.168 e. The van der Waals surface area contributed by atoms with Crippen LogP contribution in [0.15, 0.2) is 57.8 Å². The fourth-order valence-electron chi connectivity index (χ4n) is 2.86. The van der Waals surface area contributed by atoms with Crippen LogP contribution in [0.25, 0.3) is 0 Å². The minimum Gasteiger partial charge on any atom is -0.464 e. The van der Waals surface area contributed by atoms with Crippen LogP contribution in [0.2, 0.25) is 0 Å². The number of halogens is 3. The number of hydrogen-bond acceptors (Lipinski definition) is 6. The average Bonchev–Trinajstić information content (AvgIpc) is 3.11. The highest BCUT2D eigenvalue weighted by molar-refractivity contribution is 7.98. The molecule has 6 nitrogen and oxygen atoms in total. The molecule has 0 aromatic carbocycles. The van der Waals surface area contributed by atoms with Gasteiger partial charge in [-0.15, -0.1) is 37.2 Å². The number of carbonyl (C=O) groups is 1. The second-order valence-electron chi connectivity index (χ2n) is 6.94. The molecule has 0 radical (unpaired) electrons. The summed E-state index contributed by atoms with van der Waals surface area (Å²) in [7, 11) is 4.05. The quantitative estimate of drug-likeness (QED) is 0.510. The van der Waals surface area contributed by atoms with E-state index in [1.54, 1.807) is 30.4 Å². The fourth-order valence-corrected chi connectivity index (χ4v) is 3.58. The summed E-state index contributed by atoms with van der Waals surface area (Å²) in [6, 6.07) is 7.92. The van der Waals surface area contributed by atoms with Gasteiger partial charge in [-0.05, 0) is 37.9 Å². The monoisotopic (exact) mass is 506 g/mol. The zero-order valence-corrected chi connectivity index (χ0v) is 20.8. The number of carbonyl (C=O) groups excluding carboxylic acids is 1. The molecule has 1 N–H and O–H groups in total. The van der Waals surface area contributed by atoms with Crippen LogP contribution >= 0.6 is 49.0 Å². The highest BCUT2D eigenvalue weighted by Gasteiger charge is 2.18. The lowest BCUT2D eigenvalue weighted by Gasteiger charge is -2.15. The third-order valence-electron chi connectivity index (χ3n) is 4.19. The SMILES string of the molecule is CN(C)Cc1ccc(CSCCN=C2CC(=O)C(Cc3cccnc3)=CN2)o1.Cl.Cl.Cl. The second kappa shape index (κ2) is 15.3. The normalized spacial score (nSPS) is 14.2. The standard InChI is InChI=1S/C21H26N4O2S.3ClH/c1-25(2)14-18-5-6-19(27-18)15-28-9-8-23-21-11-20(26)17(13-24-21)10-16-4-3-7-22-12-16;;;/h3-7,12-13H,8-11,14-15H2,1-2H3,(H,23,24);3*1H. The van der Waals surface area contributed by atoms with E-state index in [1.807, 2.05) is 38.4 Å². The van der Waals surface area contributed by atoms with Gasteiger partial charge in [-0.1, -0.05) is 6.07 Å². The molecule has 0 fully saturated rings. The van der Waals surface area contributed by atoms with E-state index >= 15 is 0 Å². The Hall–Kier alpha value is -1.51. The number of aliphatic imine (C=N–C) groups is 1. The van der Waals surface area contributed by atoms with Crippen molar-refractivity contribution in [3.8, 4) is 0 Å². The highest BCUT2D eigenvalue weighted by atomic mass is 35.5. The van der Waals surface area contributed by atoms with E-state index in [0.29, 0.717) is 19.4 Å². The predicted molar refractivity (Wildman–Crippen MR) is 135 cm³/mol. The number of rotatable bonds is 9. The van der Waals surface area contributed by atoms with Crippen molar-refractivity contribution in [2.45, 2.75) is 25.1 Å². The maximum Gasteiger partial charge on any atom is 0.168 e. The van der Waals surface area contributed by atoms with E-state index < -0.39 is 0 Å². The molecular formula is C21H29Cl3N4O2S. The van der Waals surface area contributed by atoms with Gasteiger partial charge in [-0.2, -0.15) is 11.8 Å². The number of nitrogens with zero attached hydrogens (tertiary/aromatic N) is 3. The Morgan fingerprint density at radius 2 is 1.97 bits per heavy atom. The first kappa shape index (κ1) is 29.5. The number of hydrogen-bond donors (Lipinski definition) is 1. The van der Waals surface area contributed by atoms with Crippen molar-refractivity contribution in [1.82, 2.24) is 15.2 Å². The van der Waals surface area contributed by atoms with Crippen molar-refractivity contribution in [1.29, 1.82) is 0 Å². The van der Waals surface area contributed by atoms with Crippen LogP contribution in [0.3, 0.4) is 0 Å². The molecule has 2 aromatic heterocycles. The Morgan fingerprint density at radius 3 is 2.65 bits per heavy atom. The summed E-state index contributed by atoms with van der Waals surface area (Å²) in [5.41, 5.74) is 1.81. The van der Waals surface area contributed by atoms with Gasteiger partial charge in [0.05, 0.1) is 25.3 Å². The fraction of sp³-hybridized carbons (Fsp3) is 0.381. The topological polar surface area (TPSA) is 70.7 Å². The molecule has 0 atom stereocenters. The van der Waals surface area contributed by atoms with Gasteiger partial charge in [0.2, 0.25) is 0 Å². The number of Topliss-reactive ketones (excluding diaryl/α,β-unsaturated/α-hetero) is 1. The van der Waals surface area contributed by atoms with Crippen molar-refractivity contribution < 1.29 is 9.21 Å². The predicted octanol–water partition coefficient (Wildman–Crippen LogP) is 4.32. The first-order valence-corrected chi connectivity index (χ1v) is 10.5. The lowest BCUT2D eigenvalue weighted by Crippen LogP contribution is -2.29. The first-order chi connectivity index (χ1) is 13.6. The zero-order valence-electron chi connectivity index (χ0n) is 17.6. The van der Waals surface area contributed by atoms with Gasteiger partial charge in [0.1, 0.15) is 17.4 Å². The first-order valence-electron chi connectivity index (χ1n) is 9.31. The molecule has 3 rings (SSSR count). The molecular weight excluding hydrogens is 479 g/mol. The van der Waals surface area contributed by atoms with Crippen LogP contribution in [0.4, 0.5) is 0 Å². The molecule has 0 unspecified atom stereocenters. The van der Waals surface area contributed by atoms with E-state index in [9.17, 15) is 4.79 Å². The number of amidine groups is 1. The van der Waals surface area contributed by atoms with E-state index in [4.69, 9.17) is 4.42 Å². The van der Waals surface area contributed by atoms with Crippen LogP contribution < -0.4 is 5.32 Å². The van der Waals surface area contributed by atoms with Crippen LogP contribution in [-0.2, 0) is 23.5 Å². The van der Waals surface area contributed by atoms with Crippen molar-refractivity contribution >= 4 is 60.6 Å². The molecule has 3 heterocycles. The minimum atomic E-state index is 0. The number of ketones is 1. The van der Waals surface area contributed by atoms with Crippen LogP contribution in [0.1, 0.15) is 23.5 Å². The number of furan rings is 1. The summed E-state index contributed by atoms with van der Waals surface area (Å²) in [6.45, 7) is 1.49. The van der Waals surface area contributed by atoms with Crippen molar-refractivity contribution in [2.24, 2.45) is 4.99 Å². The Bertz CT molecular complexity index is 857. The summed E-state index contributed by atoms with van der Waals surface area (Å²) in [4.78, 5) is 23.0. The van der Waals surface area contributed by atoms with Crippen LogP contribution in [0.5, 0.6) is 0 Å². The minimum absolute atomic E-state index is 0. The maximum absolute atomic E-state index is 12.3. The van der Waals surface area contributed by atoms with Crippen LogP contribution in [0, 0.1) is 0 Å². The van der Waals surface area contributed by atoms with Gasteiger partial charge in [0, 0.05) is 36.3 Å². The number of pyridine rings is 1. The Morgan fingerprint density at radius 1 is 1.19 bits per heavy atom. The highest BCUT2D eigenvalue weighted by Crippen LogP contribution is 2.17. The second-order valence-corrected chi connectivity index (χ2v) is 8.04. The Labute approximate surface area is 206 Å². The Balaban J connectivity index is 0.00000300. The molecule has 31 heavy (non-hydrogen) atoms. The van der Waals surface area contributed by atoms with Gasteiger partial charge in [-0.3, -0.25) is 14.8 Å². The van der Waals surface area contributed by atoms with Gasteiger partial charge in [0.15, 0.2) is 5.78 Å². The van der Waals surface area contributed by atoms with E-state index in [1.165, 1.54) is 0 Å². The average molecular weight is 508 g/mol. The summed E-state index contributed by atoms with van der Waals surface area (Å²) in [5.74, 6) is 4.56. The molecule has 1 aliphatic heterocycles. The van der Waals surface area contributed by atoms with Crippen molar-refractivity contribution in [3.05, 3.63) is 65.5 Å². The van der Waals surface area contributed by atoms with Gasteiger partial charge < -0.3 is 14.6 Å². The molecule has 0 spiro atoms. The summed E-state index contributed by atoms with van der Waals surface area (Å²) < 4.78 is 5.80. The lowest BCUT2D eigenvalue weighted by atomic mass is 9.99. The van der Waals surface area contributed by atoms with Crippen LogP contribution in [-0.4, -0.2) is 47.9 Å². The lowest BCUT2D eigenvalue weighted by molar-refractivity contribution is -0.114. The largest absolute Gasteiger partial charge is 0.464 e. The van der Waals surface area contributed by atoms with E-state index in [-0.39, 0.29) is 43.0 Å². The molecule has 10 heteroatoms. The molecule has 2 aromatic rings. The Kier molecular flexibility index (Phi) is 14.6. The van der Waals surface area contributed by atoms with Gasteiger partial charge in [-0.25, -0.2) is 0 Å². The summed E-state index contributed by atoms with van der Waals surface area (Å²) in [6.07, 6.45) is 6.23. The van der Waals surface area contributed by atoms with Gasteiger partial charge >= 0.3 is 0 Å². The molecule has 0 bridgehead atoms. The summed E-state index contributed by atoms with van der Waals surface area (Å²) in [5, 5.41) is 3.16. The number of nitrogens with one attached hydrogen (secondary N) is 1. The van der Waals surface area contributed by atoms with E-state index in [0.717, 1.165) is 46.5 Å². The van der Waals surface area contributed by atoms with Crippen molar-refractivity contribution in [2.75, 3.05) is 26.4 Å². The molecule has 0 saturated heterocycles. The van der Waals surface area contributed by atoms with Gasteiger partial charge in [0.25, 0.3) is 0 Å². The third-order valence-corrected chi connectivity index (χ3v) is 5.15. The number of thioether (sulfide) groups is 1. The zero-order chi connectivity index (χ0) is 19.8. The molecule has 0 saturated carbocycles. The van der Waals surface area contributed by atoms with E-state index in [2.05, 4.69) is 20.2 Å². The third kappa shape index (κ3) is 10.1. The maximum atomic E-state index is 12.3. The van der Waals surface area contributed by atoms with Crippen molar-refractivity contribution in [3.63, 3.8) is 0 Å². The number of aromatic nitrogens is 1. The summed E-state index contributed by atoms with van der Waals surface area (Å²) >= 11 is 1.78. The molecule has 1 aliphatic rings. The molecule has 172 valence electrons. The molecule has 0 amide bonds.